The van der Waals surface area contributed by atoms with E-state index in [1.54, 1.807) is 0 Å². The van der Waals surface area contributed by atoms with Crippen LogP contribution in [0.2, 0.25) is 0 Å². The molecule has 4 N–H and O–H groups in total. The van der Waals surface area contributed by atoms with E-state index in [1.165, 1.54) is 0 Å². The molecule has 0 spiro atoms. The SMILES string of the molecule is NC(=NO)c1ccc(CNc2c(Br)cc(Br)cc2Br)cc1. The van der Waals surface area contributed by atoms with Crippen molar-refractivity contribution in [2.24, 2.45) is 10.9 Å². The molecule has 0 aromatic heterocycles. The van der Waals surface area contributed by atoms with Crippen molar-refractivity contribution in [1.29, 1.82) is 0 Å². The molecule has 0 aliphatic carbocycles. The largest absolute Gasteiger partial charge is 0.409 e. The summed E-state index contributed by atoms with van der Waals surface area (Å²) >= 11 is 10.5. The minimum absolute atomic E-state index is 0.105. The van der Waals surface area contributed by atoms with Crippen molar-refractivity contribution in [1.82, 2.24) is 0 Å². The molecule has 0 radical (unpaired) electrons. The second-order valence-corrected chi connectivity index (χ2v) is 6.90. The Morgan fingerprint density at radius 1 is 1.10 bits per heavy atom. The van der Waals surface area contributed by atoms with Crippen molar-refractivity contribution in [3.63, 3.8) is 0 Å². The highest BCUT2D eigenvalue weighted by atomic mass is 79.9. The molecule has 0 fully saturated rings. The van der Waals surface area contributed by atoms with Crippen LogP contribution in [-0.4, -0.2) is 11.0 Å². The lowest BCUT2D eigenvalue weighted by Crippen LogP contribution is -2.13. The van der Waals surface area contributed by atoms with E-state index in [4.69, 9.17) is 10.9 Å². The van der Waals surface area contributed by atoms with Gasteiger partial charge in [-0.25, -0.2) is 0 Å². The summed E-state index contributed by atoms with van der Waals surface area (Å²) in [4.78, 5) is 0. The maximum Gasteiger partial charge on any atom is 0.170 e. The lowest BCUT2D eigenvalue weighted by Gasteiger charge is -2.12. The van der Waals surface area contributed by atoms with Crippen LogP contribution < -0.4 is 11.1 Å². The number of benzene rings is 2. The van der Waals surface area contributed by atoms with Crippen molar-refractivity contribution in [3.05, 3.63) is 60.9 Å². The summed E-state index contributed by atoms with van der Waals surface area (Å²) in [7, 11) is 0. The first-order valence-electron chi connectivity index (χ1n) is 5.96. The van der Waals surface area contributed by atoms with E-state index in [2.05, 4.69) is 58.3 Å². The second kappa shape index (κ2) is 7.29. The predicted octanol–water partition coefficient (Wildman–Crippen LogP) is 4.68. The van der Waals surface area contributed by atoms with Crippen LogP contribution in [0.4, 0.5) is 5.69 Å². The van der Waals surface area contributed by atoms with E-state index < -0.39 is 0 Å². The highest BCUT2D eigenvalue weighted by Gasteiger charge is 2.07. The summed E-state index contributed by atoms with van der Waals surface area (Å²) < 4.78 is 2.93. The number of rotatable bonds is 4. The van der Waals surface area contributed by atoms with Crippen LogP contribution in [0.1, 0.15) is 11.1 Å². The lowest BCUT2D eigenvalue weighted by atomic mass is 10.1. The average molecular weight is 478 g/mol. The van der Waals surface area contributed by atoms with Crippen LogP contribution in [0.15, 0.2) is 55.0 Å². The smallest absolute Gasteiger partial charge is 0.170 e. The molecule has 110 valence electrons. The standard InChI is InChI=1S/C14H12Br3N3O/c15-10-5-11(16)13(12(17)6-10)19-7-8-1-3-9(4-2-8)14(18)20-21/h1-6,19,21H,7H2,(H2,18,20). The van der Waals surface area contributed by atoms with Gasteiger partial charge in [-0.3, -0.25) is 0 Å². The van der Waals surface area contributed by atoms with Crippen molar-refractivity contribution in [2.45, 2.75) is 6.54 Å². The molecule has 0 amide bonds. The normalized spacial score (nSPS) is 11.5. The van der Waals surface area contributed by atoms with E-state index in [-0.39, 0.29) is 5.84 Å². The molecular weight excluding hydrogens is 466 g/mol. The summed E-state index contributed by atoms with van der Waals surface area (Å²) in [5.41, 5.74) is 8.29. The minimum atomic E-state index is 0.105. The van der Waals surface area contributed by atoms with Gasteiger partial charge in [-0.15, -0.1) is 0 Å². The van der Waals surface area contributed by atoms with Gasteiger partial charge in [0.25, 0.3) is 0 Å². The van der Waals surface area contributed by atoms with Crippen molar-refractivity contribution >= 4 is 59.3 Å². The lowest BCUT2D eigenvalue weighted by molar-refractivity contribution is 0.318. The molecule has 0 unspecified atom stereocenters. The summed E-state index contributed by atoms with van der Waals surface area (Å²) in [5, 5.41) is 15.0. The molecule has 0 saturated heterocycles. The zero-order valence-electron chi connectivity index (χ0n) is 10.8. The molecule has 21 heavy (non-hydrogen) atoms. The molecule has 0 atom stereocenters. The van der Waals surface area contributed by atoms with Gasteiger partial charge in [0, 0.05) is 25.5 Å². The third kappa shape index (κ3) is 4.21. The summed E-state index contributed by atoms with van der Waals surface area (Å²) in [5.74, 6) is 0.105. The molecule has 2 aromatic rings. The zero-order chi connectivity index (χ0) is 15.4. The molecule has 0 heterocycles. The van der Waals surface area contributed by atoms with Crippen LogP contribution in [0.25, 0.3) is 0 Å². The summed E-state index contributed by atoms with van der Waals surface area (Å²) in [6.07, 6.45) is 0. The van der Waals surface area contributed by atoms with Gasteiger partial charge in [0.1, 0.15) is 0 Å². The second-order valence-electron chi connectivity index (χ2n) is 4.28. The first kappa shape index (κ1) is 16.3. The first-order valence-corrected chi connectivity index (χ1v) is 8.34. The van der Waals surface area contributed by atoms with Gasteiger partial charge in [-0.2, -0.15) is 0 Å². The Balaban J connectivity index is 2.10. The Bertz CT molecular complexity index is 649. The fourth-order valence-corrected chi connectivity index (χ4v) is 4.29. The van der Waals surface area contributed by atoms with Crippen LogP contribution in [-0.2, 0) is 6.54 Å². The molecule has 7 heteroatoms. The number of halogens is 3. The highest BCUT2D eigenvalue weighted by Crippen LogP contribution is 2.34. The monoisotopic (exact) mass is 475 g/mol. The molecule has 2 rings (SSSR count). The van der Waals surface area contributed by atoms with Crippen LogP contribution in [0.3, 0.4) is 0 Å². The van der Waals surface area contributed by atoms with E-state index in [1.807, 2.05) is 36.4 Å². The first-order chi connectivity index (χ1) is 10.0. The number of hydrogen-bond acceptors (Lipinski definition) is 3. The summed E-state index contributed by atoms with van der Waals surface area (Å²) in [6.45, 7) is 0.662. The Kier molecular flexibility index (Phi) is 5.66. The third-order valence-electron chi connectivity index (χ3n) is 2.83. The Morgan fingerprint density at radius 3 is 2.19 bits per heavy atom. The van der Waals surface area contributed by atoms with Crippen LogP contribution >= 0.6 is 47.8 Å². The molecule has 0 saturated carbocycles. The molecular formula is C14H12Br3N3O. The van der Waals surface area contributed by atoms with Crippen molar-refractivity contribution in [3.8, 4) is 0 Å². The maximum atomic E-state index is 8.63. The van der Waals surface area contributed by atoms with E-state index in [0.717, 1.165) is 24.7 Å². The van der Waals surface area contributed by atoms with Gasteiger partial charge >= 0.3 is 0 Å². The van der Waals surface area contributed by atoms with Gasteiger partial charge in [0.05, 0.1) is 5.69 Å². The number of nitrogens with one attached hydrogen (secondary N) is 1. The molecule has 0 bridgehead atoms. The number of nitrogens with zero attached hydrogens (tertiary/aromatic N) is 1. The summed E-state index contributed by atoms with van der Waals surface area (Å²) in [6, 6.07) is 11.5. The van der Waals surface area contributed by atoms with E-state index in [9.17, 15) is 0 Å². The van der Waals surface area contributed by atoms with E-state index >= 15 is 0 Å². The number of hydrogen-bond donors (Lipinski definition) is 3. The minimum Gasteiger partial charge on any atom is -0.409 e. The highest BCUT2D eigenvalue weighted by molar-refractivity contribution is 9.11. The average Bonchev–Trinajstić information content (AvgIpc) is 2.46. The topological polar surface area (TPSA) is 70.6 Å². The maximum absolute atomic E-state index is 8.63. The Labute approximate surface area is 147 Å². The predicted molar refractivity (Wildman–Crippen MR) is 95.8 cm³/mol. The Hall–Kier alpha value is -1.05. The Morgan fingerprint density at radius 2 is 1.67 bits per heavy atom. The van der Waals surface area contributed by atoms with Gasteiger partial charge in [-0.05, 0) is 49.6 Å². The fraction of sp³-hybridized carbons (Fsp3) is 0.0714. The van der Waals surface area contributed by atoms with Gasteiger partial charge < -0.3 is 16.3 Å². The molecule has 2 aromatic carbocycles. The number of anilines is 1. The van der Waals surface area contributed by atoms with Crippen LogP contribution in [0.5, 0.6) is 0 Å². The van der Waals surface area contributed by atoms with Crippen molar-refractivity contribution in [2.75, 3.05) is 5.32 Å². The fourth-order valence-electron chi connectivity index (χ4n) is 1.75. The number of nitrogens with two attached hydrogens (primary N) is 1. The van der Waals surface area contributed by atoms with Gasteiger partial charge in [0.15, 0.2) is 5.84 Å². The molecule has 0 aliphatic heterocycles. The zero-order valence-corrected chi connectivity index (χ0v) is 15.5. The quantitative estimate of drug-likeness (QED) is 0.259. The van der Waals surface area contributed by atoms with Crippen LogP contribution in [0, 0.1) is 0 Å². The third-order valence-corrected chi connectivity index (χ3v) is 4.54. The number of oxime groups is 1. The van der Waals surface area contributed by atoms with Gasteiger partial charge in [-0.1, -0.05) is 45.4 Å². The van der Waals surface area contributed by atoms with E-state index in [0.29, 0.717) is 12.1 Å². The van der Waals surface area contributed by atoms with Gasteiger partial charge in [0.2, 0.25) is 0 Å². The molecule has 4 nitrogen and oxygen atoms in total. The molecule has 0 aliphatic rings. The number of amidine groups is 1. The van der Waals surface area contributed by atoms with Crippen molar-refractivity contribution < 1.29 is 5.21 Å².